The second kappa shape index (κ2) is 44.8. The van der Waals surface area contributed by atoms with Gasteiger partial charge in [0.15, 0.2) is 18.1 Å². The molecule has 0 spiro atoms. The van der Waals surface area contributed by atoms with Gasteiger partial charge in [0, 0.05) is 21.1 Å². The predicted molar refractivity (Wildman–Crippen MR) is 191 cm³/mol. The smallest absolute Gasteiger partial charge is 0.156 e. The first-order valence-electron chi connectivity index (χ1n) is 15.2. The summed E-state index contributed by atoms with van der Waals surface area (Å²) in [5, 5.41) is 0. The quantitative estimate of drug-likeness (QED) is 0.0575. The molecule has 0 aliphatic rings. The van der Waals surface area contributed by atoms with Crippen LogP contribution in [0.3, 0.4) is 0 Å². The average Bonchev–Trinajstić information content (AvgIpc) is 2.86. The molecule has 10 heteroatoms. The molecule has 0 N–H and O–H groups in total. The van der Waals surface area contributed by atoms with Gasteiger partial charge in [-0.25, -0.2) is 0 Å². The van der Waals surface area contributed by atoms with Crippen LogP contribution in [0.1, 0.15) is 77.0 Å². The van der Waals surface area contributed by atoms with Crippen molar-refractivity contribution in [3.63, 3.8) is 0 Å². The molecule has 0 rings (SSSR count). The number of hydrogen-bond donors (Lipinski definition) is 0. The van der Waals surface area contributed by atoms with Crippen LogP contribution < -0.4 is 0 Å². The molecule has 0 amide bonds. The van der Waals surface area contributed by atoms with Gasteiger partial charge in [0.25, 0.3) is 0 Å². The molecule has 0 heterocycles. The summed E-state index contributed by atoms with van der Waals surface area (Å²) in [7, 11) is -1.99. The summed E-state index contributed by atoms with van der Waals surface area (Å²) in [6.07, 6.45) is 23.3. The molecule has 0 atom stereocenters. The average molecular weight is 814 g/mol. The minimum atomic E-state index is -0.667. The van der Waals surface area contributed by atoms with E-state index < -0.39 is 18.1 Å². The summed E-state index contributed by atoms with van der Waals surface area (Å²) in [5.41, 5.74) is 0. The van der Waals surface area contributed by atoms with Crippen molar-refractivity contribution in [1.29, 1.82) is 0 Å². The van der Waals surface area contributed by atoms with Crippen LogP contribution >= 0.6 is 0 Å². The molecule has 0 fully saturated rings. The fourth-order valence-electron chi connectivity index (χ4n) is 3.44. The molecule has 0 radical (unpaired) electrons. The summed E-state index contributed by atoms with van der Waals surface area (Å²) in [6, 6.07) is 5.57. The maximum atomic E-state index is 5.96. The molecule has 0 bridgehead atoms. The first-order chi connectivity index (χ1) is 18.0. The van der Waals surface area contributed by atoms with Crippen LogP contribution in [0.15, 0.2) is 50.6 Å². The van der Waals surface area contributed by atoms with Crippen LogP contribution in [0, 0.1) is 0 Å². The Morgan fingerprint density at radius 3 is 1.00 bits per heavy atom. The zero-order valence-corrected chi connectivity index (χ0v) is 36.2. The van der Waals surface area contributed by atoms with Crippen molar-refractivity contribution in [3.05, 3.63) is 50.6 Å². The van der Waals surface area contributed by atoms with Crippen LogP contribution in [0.2, 0.25) is 50.4 Å². The van der Waals surface area contributed by atoms with Crippen molar-refractivity contribution >= 4 is 57.1 Å². The number of hydrogen-bond acceptors (Lipinski definition) is 3. The van der Waals surface area contributed by atoms with Crippen molar-refractivity contribution in [2.24, 2.45) is 0 Å². The SMILES string of the molecule is C=CCCC=C.C=CCCCC[SiH2]O[SiH2]CCCCCC[SiH2]O[SiH2]CCCCC=C.C[SiH](C)O[SiH](C)C.[Pt]. The van der Waals surface area contributed by atoms with Gasteiger partial charge in [0.05, 0.1) is 0 Å². The van der Waals surface area contributed by atoms with Crippen LogP contribution in [-0.2, 0) is 33.4 Å². The Morgan fingerprint density at radius 2 is 0.763 bits per heavy atom. The molecule has 230 valence electrons. The maximum absolute atomic E-state index is 5.96. The van der Waals surface area contributed by atoms with E-state index in [1.165, 1.54) is 88.4 Å². The van der Waals surface area contributed by atoms with Gasteiger partial charge >= 0.3 is 0 Å². The van der Waals surface area contributed by atoms with Crippen LogP contribution in [0.4, 0.5) is 0 Å². The van der Waals surface area contributed by atoms with E-state index in [-0.39, 0.29) is 60.1 Å². The zero-order chi connectivity index (χ0) is 28.2. The van der Waals surface area contributed by atoms with Crippen LogP contribution in [-0.4, -0.2) is 57.1 Å². The van der Waals surface area contributed by atoms with Gasteiger partial charge in [-0.05, 0) is 76.0 Å². The second-order valence-corrected chi connectivity index (χ2v) is 23.0. The molecular formula is C28H66O3PtSi6. The summed E-state index contributed by atoms with van der Waals surface area (Å²) in [4.78, 5) is 0. The van der Waals surface area contributed by atoms with E-state index in [1.807, 2.05) is 24.3 Å². The number of rotatable bonds is 26. The normalized spacial score (nSPS) is 11.3. The summed E-state index contributed by atoms with van der Waals surface area (Å²) >= 11 is 0. The van der Waals surface area contributed by atoms with Gasteiger partial charge in [-0.1, -0.05) is 75.7 Å². The number of allylic oxidation sites excluding steroid dienone is 4. The van der Waals surface area contributed by atoms with Crippen LogP contribution in [0.5, 0.6) is 0 Å². The molecule has 0 aromatic carbocycles. The van der Waals surface area contributed by atoms with Crippen molar-refractivity contribution in [1.82, 2.24) is 0 Å². The van der Waals surface area contributed by atoms with E-state index in [0.717, 1.165) is 12.8 Å². The van der Waals surface area contributed by atoms with Crippen molar-refractivity contribution in [2.75, 3.05) is 0 Å². The van der Waals surface area contributed by atoms with E-state index in [0.29, 0.717) is 0 Å². The van der Waals surface area contributed by atoms with Gasteiger partial charge in [-0.15, -0.1) is 26.3 Å². The Bertz CT molecular complexity index is 432. The topological polar surface area (TPSA) is 27.7 Å². The molecule has 0 aliphatic heterocycles. The fraction of sp³-hybridized carbons (Fsp3) is 0.714. The van der Waals surface area contributed by atoms with Gasteiger partial charge in [-0.2, -0.15) is 0 Å². The third-order valence-corrected chi connectivity index (χ3v) is 17.5. The molecule has 38 heavy (non-hydrogen) atoms. The third-order valence-electron chi connectivity index (χ3n) is 5.34. The van der Waals surface area contributed by atoms with Crippen molar-refractivity contribution < 1.29 is 33.4 Å². The molecular weight excluding hydrogens is 748 g/mol. The molecule has 0 unspecified atom stereocenters. The van der Waals surface area contributed by atoms with Crippen molar-refractivity contribution in [3.8, 4) is 0 Å². The summed E-state index contributed by atoms with van der Waals surface area (Å²) in [6.45, 7) is 23.5. The molecule has 3 nitrogen and oxygen atoms in total. The monoisotopic (exact) mass is 813 g/mol. The van der Waals surface area contributed by atoms with E-state index in [4.69, 9.17) is 12.3 Å². The summed E-state index contributed by atoms with van der Waals surface area (Å²) < 4.78 is 17.4. The van der Waals surface area contributed by atoms with Gasteiger partial charge in [0.1, 0.15) is 39.1 Å². The van der Waals surface area contributed by atoms with Gasteiger partial charge < -0.3 is 12.3 Å². The Morgan fingerprint density at radius 1 is 0.474 bits per heavy atom. The van der Waals surface area contributed by atoms with Gasteiger partial charge in [0.2, 0.25) is 0 Å². The van der Waals surface area contributed by atoms with E-state index in [1.54, 1.807) is 0 Å². The molecule has 0 saturated carbocycles. The molecule has 0 aliphatic carbocycles. The Kier molecular flexibility index (Phi) is 54.0. The van der Waals surface area contributed by atoms with Gasteiger partial charge in [-0.3, -0.25) is 0 Å². The molecule has 0 aromatic heterocycles. The minimum Gasteiger partial charge on any atom is -0.465 e. The maximum Gasteiger partial charge on any atom is 0.156 e. The molecule has 0 aromatic rings. The number of unbranched alkanes of at least 4 members (excludes halogenated alkanes) is 8. The minimum absolute atomic E-state index is 0. The fourth-order valence-corrected chi connectivity index (χ4v) is 14.9. The van der Waals surface area contributed by atoms with Crippen molar-refractivity contribution in [2.45, 2.75) is 127 Å². The van der Waals surface area contributed by atoms with E-state index in [2.05, 4.69) is 52.5 Å². The molecule has 0 saturated heterocycles. The standard InChI is InChI=1S/C18H42O2Si4.C6H10.C4H14OSi2.Pt/c1-3-5-7-11-15-21-19-23-17-13-9-10-14-18-24-20-22-16-12-8-6-4-2;1-3-5-6-4-2;1-6(2)5-7(3)4;/h3-4H,1-2,5-18,21-24H2;3-4H,1-2,5-6H2;6-7H,1-4H3;. The van der Waals surface area contributed by atoms with E-state index >= 15 is 0 Å². The zero-order valence-electron chi connectivity index (χ0n) is 26.0. The first-order valence-corrected chi connectivity index (χ1v) is 27.1. The van der Waals surface area contributed by atoms with Crippen LogP contribution in [0.25, 0.3) is 0 Å². The Hall–Kier alpha value is 0.830. The second-order valence-electron chi connectivity index (χ2n) is 10.0. The third kappa shape index (κ3) is 56.9. The Balaban J connectivity index is -0.000000339. The summed E-state index contributed by atoms with van der Waals surface area (Å²) in [5.74, 6) is 0. The van der Waals surface area contributed by atoms with E-state index in [9.17, 15) is 0 Å². The largest absolute Gasteiger partial charge is 0.465 e. The predicted octanol–water partition coefficient (Wildman–Crippen LogP) is 6.41. The Labute approximate surface area is 267 Å². The first kappa shape index (κ1) is 45.8.